The Kier molecular flexibility index (Phi) is 3.74. The third-order valence-electron chi connectivity index (χ3n) is 4.24. The standard InChI is InChI=1S/C16H19N5OS/c1-11-9-23-15-14(11)17-10-18-16(15)21-5-3-20(4-6-21)8-13-7-12(2)19-22-13/h7,9-10H,3-6,8H2,1-2H3. The van der Waals surface area contributed by atoms with Crippen LogP contribution in [0, 0.1) is 13.8 Å². The predicted molar refractivity (Wildman–Crippen MR) is 90.9 cm³/mol. The Labute approximate surface area is 138 Å². The van der Waals surface area contributed by atoms with Gasteiger partial charge in [-0.1, -0.05) is 5.16 Å². The van der Waals surface area contributed by atoms with Gasteiger partial charge in [-0.2, -0.15) is 0 Å². The third kappa shape index (κ3) is 2.82. The van der Waals surface area contributed by atoms with Crippen LogP contribution >= 0.6 is 11.3 Å². The highest BCUT2D eigenvalue weighted by atomic mass is 32.1. The number of hydrogen-bond donors (Lipinski definition) is 0. The van der Waals surface area contributed by atoms with Crippen LogP contribution in [0.15, 0.2) is 22.3 Å². The van der Waals surface area contributed by atoms with Crippen LogP contribution in [0.5, 0.6) is 0 Å². The highest BCUT2D eigenvalue weighted by molar-refractivity contribution is 7.18. The molecule has 3 aromatic heterocycles. The van der Waals surface area contributed by atoms with Crippen molar-refractivity contribution in [2.45, 2.75) is 20.4 Å². The number of hydrogen-bond acceptors (Lipinski definition) is 7. The molecule has 0 N–H and O–H groups in total. The van der Waals surface area contributed by atoms with Crippen molar-refractivity contribution in [3.63, 3.8) is 0 Å². The summed E-state index contributed by atoms with van der Waals surface area (Å²) in [5, 5.41) is 6.11. The minimum absolute atomic E-state index is 0.825. The van der Waals surface area contributed by atoms with E-state index < -0.39 is 0 Å². The second-order valence-electron chi connectivity index (χ2n) is 5.99. The maximum Gasteiger partial charge on any atom is 0.150 e. The molecule has 0 atom stereocenters. The van der Waals surface area contributed by atoms with Crippen LogP contribution in [0.1, 0.15) is 17.0 Å². The summed E-state index contributed by atoms with van der Waals surface area (Å²) < 4.78 is 6.51. The number of rotatable bonds is 3. The van der Waals surface area contributed by atoms with Crippen molar-refractivity contribution in [3.05, 3.63) is 34.8 Å². The fraction of sp³-hybridized carbons (Fsp3) is 0.438. The molecular weight excluding hydrogens is 310 g/mol. The molecule has 0 aromatic carbocycles. The number of piperazine rings is 1. The van der Waals surface area contributed by atoms with E-state index in [-0.39, 0.29) is 0 Å². The van der Waals surface area contributed by atoms with Gasteiger partial charge in [0, 0.05) is 32.2 Å². The van der Waals surface area contributed by atoms with Crippen molar-refractivity contribution in [3.8, 4) is 0 Å². The number of thiophene rings is 1. The van der Waals surface area contributed by atoms with Crippen molar-refractivity contribution in [2.75, 3.05) is 31.1 Å². The molecule has 23 heavy (non-hydrogen) atoms. The first kappa shape index (κ1) is 14.6. The lowest BCUT2D eigenvalue weighted by Gasteiger charge is -2.34. The summed E-state index contributed by atoms with van der Waals surface area (Å²) in [6.07, 6.45) is 1.68. The molecule has 1 aliphatic rings. The summed E-state index contributed by atoms with van der Waals surface area (Å²) in [6, 6.07) is 2.01. The molecule has 1 fully saturated rings. The van der Waals surface area contributed by atoms with Crippen molar-refractivity contribution >= 4 is 27.4 Å². The molecule has 120 valence electrons. The molecule has 0 radical (unpaired) electrons. The van der Waals surface area contributed by atoms with Crippen molar-refractivity contribution < 1.29 is 4.52 Å². The number of anilines is 1. The zero-order valence-electron chi connectivity index (χ0n) is 13.3. The summed E-state index contributed by atoms with van der Waals surface area (Å²) >= 11 is 1.74. The van der Waals surface area contributed by atoms with Gasteiger partial charge in [-0.25, -0.2) is 9.97 Å². The number of fused-ring (bicyclic) bond motifs is 1. The molecule has 4 rings (SSSR count). The van der Waals surface area contributed by atoms with E-state index in [0.717, 1.165) is 55.5 Å². The molecule has 0 aliphatic carbocycles. The summed E-state index contributed by atoms with van der Waals surface area (Å²) in [5.74, 6) is 2.01. The van der Waals surface area contributed by atoms with Crippen LogP contribution < -0.4 is 4.90 Å². The SMILES string of the molecule is Cc1cc(CN2CCN(c3ncnc4c(C)csc34)CC2)on1. The molecule has 0 amide bonds. The smallest absolute Gasteiger partial charge is 0.150 e. The van der Waals surface area contributed by atoms with Crippen LogP contribution in [-0.2, 0) is 6.54 Å². The fourth-order valence-corrected chi connectivity index (χ4v) is 4.03. The van der Waals surface area contributed by atoms with E-state index in [0.29, 0.717) is 0 Å². The van der Waals surface area contributed by atoms with Gasteiger partial charge in [0.25, 0.3) is 0 Å². The van der Waals surface area contributed by atoms with Crippen LogP contribution in [0.4, 0.5) is 5.82 Å². The predicted octanol–water partition coefficient (Wildman–Crippen LogP) is 2.62. The molecule has 0 saturated carbocycles. The number of aryl methyl sites for hydroxylation is 2. The van der Waals surface area contributed by atoms with Gasteiger partial charge in [0.05, 0.1) is 22.5 Å². The second kappa shape index (κ2) is 5.90. The van der Waals surface area contributed by atoms with E-state index in [2.05, 4.69) is 37.2 Å². The molecule has 3 aromatic rings. The summed E-state index contributed by atoms with van der Waals surface area (Å²) in [6.45, 7) is 8.81. The molecule has 0 spiro atoms. The fourth-order valence-electron chi connectivity index (χ4n) is 3.01. The monoisotopic (exact) mass is 329 g/mol. The zero-order chi connectivity index (χ0) is 15.8. The van der Waals surface area contributed by atoms with Gasteiger partial charge in [-0.3, -0.25) is 4.90 Å². The average Bonchev–Trinajstić information content (AvgIpc) is 3.14. The lowest BCUT2D eigenvalue weighted by atomic mass is 10.2. The van der Waals surface area contributed by atoms with Gasteiger partial charge >= 0.3 is 0 Å². The van der Waals surface area contributed by atoms with Gasteiger partial charge < -0.3 is 9.42 Å². The number of aromatic nitrogens is 3. The Bertz CT molecular complexity index is 819. The topological polar surface area (TPSA) is 58.3 Å². The summed E-state index contributed by atoms with van der Waals surface area (Å²) in [7, 11) is 0. The molecule has 0 bridgehead atoms. The second-order valence-corrected chi connectivity index (χ2v) is 6.87. The first-order valence-corrected chi connectivity index (χ1v) is 8.67. The van der Waals surface area contributed by atoms with Crippen LogP contribution in [-0.4, -0.2) is 46.2 Å². The van der Waals surface area contributed by atoms with Gasteiger partial charge in [-0.05, 0) is 24.8 Å². The van der Waals surface area contributed by atoms with Crippen LogP contribution in [0.2, 0.25) is 0 Å². The first-order chi connectivity index (χ1) is 11.2. The highest BCUT2D eigenvalue weighted by Crippen LogP contribution is 2.31. The average molecular weight is 329 g/mol. The molecular formula is C16H19N5OS. The van der Waals surface area contributed by atoms with Crippen molar-refractivity contribution in [1.82, 2.24) is 20.0 Å². The van der Waals surface area contributed by atoms with Crippen LogP contribution in [0.3, 0.4) is 0 Å². The minimum atomic E-state index is 0.825. The van der Waals surface area contributed by atoms with Crippen molar-refractivity contribution in [2.24, 2.45) is 0 Å². The lowest BCUT2D eigenvalue weighted by Crippen LogP contribution is -2.46. The Morgan fingerprint density at radius 2 is 2.00 bits per heavy atom. The summed E-state index contributed by atoms with van der Waals surface area (Å²) in [5.41, 5.74) is 3.25. The van der Waals surface area contributed by atoms with Gasteiger partial charge in [-0.15, -0.1) is 11.3 Å². The van der Waals surface area contributed by atoms with Gasteiger partial charge in [0.2, 0.25) is 0 Å². The van der Waals surface area contributed by atoms with E-state index >= 15 is 0 Å². The normalized spacial score (nSPS) is 16.3. The Balaban J connectivity index is 1.46. The van der Waals surface area contributed by atoms with Gasteiger partial charge in [0.15, 0.2) is 5.76 Å². The minimum Gasteiger partial charge on any atom is -0.360 e. The quantitative estimate of drug-likeness (QED) is 0.736. The Morgan fingerprint density at radius 1 is 1.17 bits per heavy atom. The van der Waals surface area contributed by atoms with E-state index in [1.54, 1.807) is 17.7 Å². The molecule has 0 unspecified atom stereocenters. The van der Waals surface area contributed by atoms with E-state index in [4.69, 9.17) is 4.52 Å². The van der Waals surface area contributed by atoms with E-state index in [1.807, 2.05) is 13.0 Å². The third-order valence-corrected chi connectivity index (χ3v) is 5.32. The zero-order valence-corrected chi connectivity index (χ0v) is 14.1. The van der Waals surface area contributed by atoms with Crippen molar-refractivity contribution in [1.29, 1.82) is 0 Å². The molecule has 1 aliphatic heterocycles. The lowest BCUT2D eigenvalue weighted by molar-refractivity contribution is 0.219. The first-order valence-electron chi connectivity index (χ1n) is 7.79. The maximum absolute atomic E-state index is 5.31. The van der Waals surface area contributed by atoms with E-state index in [9.17, 15) is 0 Å². The molecule has 7 heteroatoms. The van der Waals surface area contributed by atoms with Crippen LogP contribution in [0.25, 0.3) is 10.2 Å². The summed E-state index contributed by atoms with van der Waals surface area (Å²) in [4.78, 5) is 13.7. The largest absolute Gasteiger partial charge is 0.360 e. The van der Waals surface area contributed by atoms with E-state index in [1.165, 1.54) is 10.3 Å². The Hall–Kier alpha value is -1.99. The Morgan fingerprint density at radius 3 is 2.74 bits per heavy atom. The molecule has 4 heterocycles. The molecule has 6 nitrogen and oxygen atoms in total. The van der Waals surface area contributed by atoms with Gasteiger partial charge in [0.1, 0.15) is 12.1 Å². The maximum atomic E-state index is 5.31. The number of nitrogens with zero attached hydrogens (tertiary/aromatic N) is 5. The highest BCUT2D eigenvalue weighted by Gasteiger charge is 2.21. The molecule has 1 saturated heterocycles.